The molecule has 0 saturated heterocycles. The SMILES string of the molecule is CC(=O)N(C)c1cccc(NC(=O)CCc2ccccc2)c1. The molecule has 0 radical (unpaired) electrons. The van der Waals surface area contributed by atoms with Crippen LogP contribution in [0.2, 0.25) is 0 Å². The van der Waals surface area contributed by atoms with Crippen LogP contribution < -0.4 is 10.2 Å². The molecule has 0 bridgehead atoms. The molecule has 2 aromatic carbocycles. The fourth-order valence-electron chi connectivity index (χ4n) is 2.10. The van der Waals surface area contributed by atoms with E-state index in [4.69, 9.17) is 0 Å². The molecule has 0 aliphatic rings. The molecule has 114 valence electrons. The molecule has 1 N–H and O–H groups in total. The maximum Gasteiger partial charge on any atom is 0.224 e. The lowest BCUT2D eigenvalue weighted by molar-refractivity contribution is -0.117. The Kier molecular flexibility index (Phi) is 5.31. The molecule has 0 aromatic heterocycles. The number of aryl methyl sites for hydroxylation is 1. The number of carbonyl (C=O) groups excluding carboxylic acids is 2. The highest BCUT2D eigenvalue weighted by Crippen LogP contribution is 2.18. The highest BCUT2D eigenvalue weighted by Gasteiger charge is 2.08. The lowest BCUT2D eigenvalue weighted by Gasteiger charge is -2.16. The first-order valence-electron chi connectivity index (χ1n) is 7.24. The molecule has 2 aromatic rings. The van der Waals surface area contributed by atoms with Gasteiger partial charge in [0.15, 0.2) is 0 Å². The summed E-state index contributed by atoms with van der Waals surface area (Å²) >= 11 is 0. The van der Waals surface area contributed by atoms with E-state index in [1.807, 2.05) is 48.5 Å². The minimum atomic E-state index is -0.0486. The Bertz CT molecular complexity index is 653. The fraction of sp³-hybridized carbons (Fsp3) is 0.222. The zero-order chi connectivity index (χ0) is 15.9. The molecule has 0 aliphatic carbocycles. The van der Waals surface area contributed by atoms with Crippen LogP contribution >= 0.6 is 0 Å². The lowest BCUT2D eigenvalue weighted by atomic mass is 10.1. The predicted molar refractivity (Wildman–Crippen MR) is 88.9 cm³/mol. The van der Waals surface area contributed by atoms with Gasteiger partial charge < -0.3 is 10.2 Å². The van der Waals surface area contributed by atoms with Gasteiger partial charge in [-0.15, -0.1) is 0 Å². The van der Waals surface area contributed by atoms with Gasteiger partial charge >= 0.3 is 0 Å². The normalized spacial score (nSPS) is 10.1. The zero-order valence-corrected chi connectivity index (χ0v) is 12.9. The number of anilines is 2. The third-order valence-corrected chi connectivity index (χ3v) is 3.47. The number of amides is 2. The second-order valence-corrected chi connectivity index (χ2v) is 5.16. The van der Waals surface area contributed by atoms with Crippen molar-refractivity contribution in [2.45, 2.75) is 19.8 Å². The molecule has 4 nitrogen and oxygen atoms in total. The fourth-order valence-corrected chi connectivity index (χ4v) is 2.10. The van der Waals surface area contributed by atoms with Crippen LogP contribution in [0.1, 0.15) is 18.9 Å². The molecule has 2 rings (SSSR count). The Balaban J connectivity index is 1.94. The van der Waals surface area contributed by atoms with Gasteiger partial charge in [-0.25, -0.2) is 0 Å². The van der Waals surface area contributed by atoms with Gasteiger partial charge in [-0.05, 0) is 30.2 Å². The molecule has 0 unspecified atom stereocenters. The van der Waals surface area contributed by atoms with Crippen molar-refractivity contribution >= 4 is 23.2 Å². The Morgan fingerprint density at radius 1 is 1.05 bits per heavy atom. The van der Waals surface area contributed by atoms with Gasteiger partial charge in [-0.3, -0.25) is 9.59 Å². The Hall–Kier alpha value is -2.62. The third kappa shape index (κ3) is 4.45. The Morgan fingerprint density at radius 2 is 1.77 bits per heavy atom. The van der Waals surface area contributed by atoms with Gasteiger partial charge in [-0.1, -0.05) is 36.4 Å². The first-order valence-corrected chi connectivity index (χ1v) is 7.24. The van der Waals surface area contributed by atoms with Crippen LogP contribution in [0.15, 0.2) is 54.6 Å². The number of nitrogens with zero attached hydrogens (tertiary/aromatic N) is 1. The molecular formula is C18H20N2O2. The molecule has 0 aliphatic heterocycles. The van der Waals surface area contributed by atoms with Crippen molar-refractivity contribution in [3.05, 3.63) is 60.2 Å². The van der Waals surface area contributed by atoms with E-state index in [1.165, 1.54) is 6.92 Å². The van der Waals surface area contributed by atoms with Crippen molar-refractivity contribution in [2.75, 3.05) is 17.3 Å². The van der Waals surface area contributed by atoms with E-state index in [-0.39, 0.29) is 11.8 Å². The average Bonchev–Trinajstić information content (AvgIpc) is 2.53. The lowest BCUT2D eigenvalue weighted by Crippen LogP contribution is -2.23. The van der Waals surface area contributed by atoms with Gasteiger partial charge in [0.25, 0.3) is 0 Å². The van der Waals surface area contributed by atoms with Crippen molar-refractivity contribution in [3.63, 3.8) is 0 Å². The highest BCUT2D eigenvalue weighted by atomic mass is 16.2. The maximum absolute atomic E-state index is 12.0. The van der Waals surface area contributed by atoms with Gasteiger partial charge in [0.1, 0.15) is 0 Å². The number of hydrogen-bond donors (Lipinski definition) is 1. The second-order valence-electron chi connectivity index (χ2n) is 5.16. The first kappa shape index (κ1) is 15.8. The average molecular weight is 296 g/mol. The van der Waals surface area contributed by atoms with E-state index in [1.54, 1.807) is 18.0 Å². The minimum Gasteiger partial charge on any atom is -0.326 e. The van der Waals surface area contributed by atoms with Crippen LogP contribution in [0.25, 0.3) is 0 Å². The van der Waals surface area contributed by atoms with Crippen LogP contribution in [-0.4, -0.2) is 18.9 Å². The van der Waals surface area contributed by atoms with Crippen molar-refractivity contribution < 1.29 is 9.59 Å². The number of rotatable bonds is 5. The van der Waals surface area contributed by atoms with E-state index in [0.29, 0.717) is 18.5 Å². The minimum absolute atomic E-state index is 0.0357. The first-order chi connectivity index (χ1) is 10.6. The monoisotopic (exact) mass is 296 g/mol. The van der Waals surface area contributed by atoms with Gasteiger partial charge in [-0.2, -0.15) is 0 Å². The molecule has 0 heterocycles. The second kappa shape index (κ2) is 7.41. The Labute approximate surface area is 130 Å². The summed E-state index contributed by atoms with van der Waals surface area (Å²) in [4.78, 5) is 24.9. The van der Waals surface area contributed by atoms with E-state index >= 15 is 0 Å². The highest BCUT2D eigenvalue weighted by molar-refractivity contribution is 5.94. The topological polar surface area (TPSA) is 49.4 Å². The van der Waals surface area contributed by atoms with E-state index in [0.717, 1.165) is 11.3 Å². The summed E-state index contributed by atoms with van der Waals surface area (Å²) in [6.07, 6.45) is 1.14. The maximum atomic E-state index is 12.0. The molecule has 0 atom stereocenters. The number of benzene rings is 2. The van der Waals surface area contributed by atoms with Gasteiger partial charge in [0, 0.05) is 31.8 Å². The van der Waals surface area contributed by atoms with Crippen molar-refractivity contribution in [3.8, 4) is 0 Å². The van der Waals surface area contributed by atoms with Gasteiger partial charge in [0.2, 0.25) is 11.8 Å². The Morgan fingerprint density at radius 3 is 2.45 bits per heavy atom. The number of nitrogens with one attached hydrogen (secondary N) is 1. The van der Waals surface area contributed by atoms with Crippen molar-refractivity contribution in [2.24, 2.45) is 0 Å². The summed E-state index contributed by atoms with van der Waals surface area (Å²) in [6, 6.07) is 17.2. The quantitative estimate of drug-likeness (QED) is 0.921. The molecule has 0 fully saturated rings. The summed E-state index contributed by atoms with van der Waals surface area (Å²) in [5.41, 5.74) is 2.60. The molecule has 22 heavy (non-hydrogen) atoms. The summed E-state index contributed by atoms with van der Waals surface area (Å²) in [7, 11) is 1.71. The van der Waals surface area contributed by atoms with Crippen LogP contribution in [-0.2, 0) is 16.0 Å². The largest absolute Gasteiger partial charge is 0.326 e. The van der Waals surface area contributed by atoms with E-state index in [2.05, 4.69) is 5.32 Å². The summed E-state index contributed by atoms with van der Waals surface area (Å²) in [5, 5.41) is 2.87. The summed E-state index contributed by atoms with van der Waals surface area (Å²) in [6.45, 7) is 1.51. The third-order valence-electron chi connectivity index (χ3n) is 3.47. The van der Waals surface area contributed by atoms with Gasteiger partial charge in [0.05, 0.1) is 0 Å². The summed E-state index contributed by atoms with van der Waals surface area (Å²) in [5.74, 6) is -0.0842. The van der Waals surface area contributed by atoms with Crippen LogP contribution in [0, 0.1) is 0 Å². The predicted octanol–water partition coefficient (Wildman–Crippen LogP) is 3.24. The standard InChI is InChI=1S/C18H20N2O2/c1-14(21)20(2)17-10-6-9-16(13-17)19-18(22)12-11-15-7-4-3-5-8-15/h3-10,13H,11-12H2,1-2H3,(H,19,22). The number of hydrogen-bond acceptors (Lipinski definition) is 2. The van der Waals surface area contributed by atoms with Crippen LogP contribution in [0.5, 0.6) is 0 Å². The molecule has 0 spiro atoms. The molecule has 4 heteroatoms. The van der Waals surface area contributed by atoms with E-state index in [9.17, 15) is 9.59 Å². The molecule has 0 saturated carbocycles. The van der Waals surface area contributed by atoms with Crippen molar-refractivity contribution in [1.29, 1.82) is 0 Å². The summed E-state index contributed by atoms with van der Waals surface area (Å²) < 4.78 is 0. The molecular weight excluding hydrogens is 276 g/mol. The smallest absolute Gasteiger partial charge is 0.224 e. The zero-order valence-electron chi connectivity index (χ0n) is 12.9. The van der Waals surface area contributed by atoms with Crippen LogP contribution in [0.3, 0.4) is 0 Å². The van der Waals surface area contributed by atoms with Crippen molar-refractivity contribution in [1.82, 2.24) is 0 Å². The van der Waals surface area contributed by atoms with E-state index < -0.39 is 0 Å². The van der Waals surface area contributed by atoms with Crippen LogP contribution in [0.4, 0.5) is 11.4 Å². The molecule has 2 amide bonds. The number of carbonyl (C=O) groups is 2.